The van der Waals surface area contributed by atoms with Crippen molar-refractivity contribution in [1.29, 1.82) is 0 Å². The molecule has 0 amide bonds. The van der Waals surface area contributed by atoms with Crippen LogP contribution in [0.1, 0.15) is 70.1 Å². The van der Waals surface area contributed by atoms with Crippen molar-refractivity contribution >= 4 is 0 Å². The van der Waals surface area contributed by atoms with Crippen LogP contribution in [0.25, 0.3) is 0 Å². The molecule has 1 unspecified atom stereocenters. The number of aliphatic hydroxyl groups excluding tert-OH is 1. The summed E-state index contributed by atoms with van der Waals surface area (Å²) in [6.45, 7) is 6.72. The molecule has 1 heteroatoms. The number of aliphatic hydroxyl groups is 1. The van der Waals surface area contributed by atoms with Gasteiger partial charge >= 0.3 is 0 Å². The molecule has 2 rings (SSSR count). The van der Waals surface area contributed by atoms with Gasteiger partial charge in [-0.3, -0.25) is 0 Å². The van der Waals surface area contributed by atoms with E-state index in [0.29, 0.717) is 5.92 Å². The van der Waals surface area contributed by atoms with Crippen LogP contribution >= 0.6 is 0 Å². The fourth-order valence-corrected chi connectivity index (χ4v) is 3.82. The first-order valence-electron chi connectivity index (χ1n) is 7.84. The maximum Gasteiger partial charge on any atom is 0.0846 e. The van der Waals surface area contributed by atoms with E-state index in [0.717, 1.165) is 18.4 Å². The molecule has 1 aliphatic rings. The van der Waals surface area contributed by atoms with Crippen molar-refractivity contribution in [3.63, 3.8) is 0 Å². The Kier molecular flexibility index (Phi) is 4.67. The Morgan fingerprint density at radius 3 is 2.47 bits per heavy atom. The molecule has 0 aliphatic heterocycles. The zero-order valence-electron chi connectivity index (χ0n) is 12.7. The highest BCUT2D eigenvalue weighted by Crippen LogP contribution is 2.51. The van der Waals surface area contributed by atoms with Crippen LogP contribution < -0.4 is 0 Å². The smallest absolute Gasteiger partial charge is 0.0846 e. The zero-order chi connectivity index (χ0) is 13.9. The van der Waals surface area contributed by atoms with E-state index < -0.39 is 0 Å². The van der Waals surface area contributed by atoms with Crippen molar-refractivity contribution in [3.8, 4) is 0 Å². The molecule has 1 aliphatic carbocycles. The van der Waals surface area contributed by atoms with Crippen LogP contribution in [0, 0.1) is 11.3 Å². The van der Waals surface area contributed by atoms with E-state index in [2.05, 4.69) is 45.0 Å². The molecule has 1 N–H and O–H groups in total. The lowest BCUT2D eigenvalue weighted by atomic mass is 9.72. The molecule has 1 aromatic carbocycles. The minimum atomic E-state index is -0.288. The molecule has 0 radical (unpaired) electrons. The standard InChI is InChI=1S/C18H28O/c1-4-15-8-7-9-16(12-15)17(19)18(13-14(2)3)10-5-6-11-18/h7-9,12,14,17,19H,4-6,10-11,13H2,1-3H3. The SMILES string of the molecule is CCc1cccc(C(O)C2(CC(C)C)CCCC2)c1. The lowest BCUT2D eigenvalue weighted by Crippen LogP contribution is -2.27. The molecule has 0 saturated heterocycles. The van der Waals surface area contributed by atoms with Gasteiger partial charge in [-0.15, -0.1) is 0 Å². The molecular formula is C18H28O. The van der Waals surface area contributed by atoms with Gasteiger partial charge in [-0.1, -0.05) is 57.9 Å². The molecule has 1 atom stereocenters. The maximum absolute atomic E-state index is 10.9. The molecule has 1 saturated carbocycles. The van der Waals surface area contributed by atoms with E-state index in [1.165, 1.54) is 31.2 Å². The second-order valence-electron chi connectivity index (χ2n) is 6.67. The first-order valence-corrected chi connectivity index (χ1v) is 7.84. The third-order valence-electron chi connectivity index (χ3n) is 4.67. The van der Waals surface area contributed by atoms with Crippen molar-refractivity contribution < 1.29 is 5.11 Å². The fourth-order valence-electron chi connectivity index (χ4n) is 3.82. The molecule has 1 fully saturated rings. The summed E-state index contributed by atoms with van der Waals surface area (Å²) in [5, 5.41) is 10.9. The quantitative estimate of drug-likeness (QED) is 0.799. The molecule has 106 valence electrons. The first kappa shape index (κ1) is 14.6. The molecule has 1 aromatic rings. The summed E-state index contributed by atoms with van der Waals surface area (Å²) in [7, 11) is 0. The second-order valence-corrected chi connectivity index (χ2v) is 6.67. The van der Waals surface area contributed by atoms with Crippen LogP contribution in [0.4, 0.5) is 0 Å². The Bertz CT molecular complexity index is 402. The zero-order valence-corrected chi connectivity index (χ0v) is 12.7. The largest absolute Gasteiger partial charge is 0.388 e. The minimum absolute atomic E-state index is 0.126. The third-order valence-corrected chi connectivity index (χ3v) is 4.67. The van der Waals surface area contributed by atoms with Crippen LogP contribution in [-0.4, -0.2) is 5.11 Å². The lowest BCUT2D eigenvalue weighted by Gasteiger charge is -2.36. The van der Waals surface area contributed by atoms with Crippen LogP contribution in [0.15, 0.2) is 24.3 Å². The van der Waals surface area contributed by atoms with Crippen LogP contribution in [0.5, 0.6) is 0 Å². The third kappa shape index (κ3) is 3.20. The van der Waals surface area contributed by atoms with Crippen LogP contribution in [-0.2, 0) is 6.42 Å². The number of rotatable bonds is 5. The second kappa shape index (κ2) is 6.09. The van der Waals surface area contributed by atoms with Crippen LogP contribution in [0.3, 0.4) is 0 Å². The summed E-state index contributed by atoms with van der Waals surface area (Å²) in [6.07, 6.45) is 6.81. The van der Waals surface area contributed by atoms with Crippen molar-refractivity contribution in [2.45, 2.75) is 65.4 Å². The molecule has 0 aromatic heterocycles. The monoisotopic (exact) mass is 260 g/mol. The van der Waals surface area contributed by atoms with Gasteiger partial charge in [0.15, 0.2) is 0 Å². The highest BCUT2D eigenvalue weighted by atomic mass is 16.3. The summed E-state index contributed by atoms with van der Waals surface area (Å²) in [5.41, 5.74) is 2.58. The Labute approximate surface area is 118 Å². The van der Waals surface area contributed by atoms with Crippen molar-refractivity contribution in [1.82, 2.24) is 0 Å². The molecule has 1 nitrogen and oxygen atoms in total. The Morgan fingerprint density at radius 1 is 1.21 bits per heavy atom. The Hall–Kier alpha value is -0.820. The van der Waals surface area contributed by atoms with E-state index in [1.807, 2.05) is 0 Å². The van der Waals surface area contributed by atoms with Crippen LogP contribution in [0.2, 0.25) is 0 Å². The van der Waals surface area contributed by atoms with Gasteiger partial charge < -0.3 is 5.11 Å². The van der Waals surface area contributed by atoms with Gasteiger partial charge in [-0.25, -0.2) is 0 Å². The van der Waals surface area contributed by atoms with Gasteiger partial charge in [-0.05, 0) is 42.7 Å². The maximum atomic E-state index is 10.9. The average Bonchev–Trinajstić information content (AvgIpc) is 2.86. The summed E-state index contributed by atoms with van der Waals surface area (Å²) >= 11 is 0. The van der Waals surface area contributed by atoms with E-state index >= 15 is 0 Å². The molecule has 0 heterocycles. The molecule has 0 bridgehead atoms. The average molecular weight is 260 g/mol. The summed E-state index contributed by atoms with van der Waals surface area (Å²) in [4.78, 5) is 0. The van der Waals surface area contributed by atoms with E-state index in [9.17, 15) is 5.11 Å². The summed E-state index contributed by atoms with van der Waals surface area (Å²) in [5.74, 6) is 0.655. The van der Waals surface area contributed by atoms with Gasteiger partial charge in [0.1, 0.15) is 0 Å². The number of aryl methyl sites for hydroxylation is 1. The summed E-state index contributed by atoms with van der Waals surface area (Å²) in [6, 6.07) is 8.55. The number of benzene rings is 1. The highest BCUT2D eigenvalue weighted by molar-refractivity contribution is 5.27. The van der Waals surface area contributed by atoms with Gasteiger partial charge in [0, 0.05) is 5.41 Å². The van der Waals surface area contributed by atoms with E-state index in [4.69, 9.17) is 0 Å². The molecular weight excluding hydrogens is 232 g/mol. The topological polar surface area (TPSA) is 20.2 Å². The first-order chi connectivity index (χ1) is 9.07. The van der Waals surface area contributed by atoms with Gasteiger partial charge in [0.25, 0.3) is 0 Å². The van der Waals surface area contributed by atoms with Gasteiger partial charge in [-0.2, -0.15) is 0 Å². The Balaban J connectivity index is 2.25. The van der Waals surface area contributed by atoms with Crippen molar-refractivity contribution in [3.05, 3.63) is 35.4 Å². The molecule has 0 spiro atoms. The Morgan fingerprint density at radius 2 is 1.89 bits per heavy atom. The highest BCUT2D eigenvalue weighted by Gasteiger charge is 2.41. The van der Waals surface area contributed by atoms with Crippen molar-refractivity contribution in [2.75, 3.05) is 0 Å². The fraction of sp³-hybridized carbons (Fsp3) is 0.667. The van der Waals surface area contributed by atoms with E-state index in [-0.39, 0.29) is 11.5 Å². The predicted molar refractivity (Wildman–Crippen MR) is 81.1 cm³/mol. The normalized spacial score (nSPS) is 19.8. The number of hydrogen-bond acceptors (Lipinski definition) is 1. The van der Waals surface area contributed by atoms with Crippen molar-refractivity contribution in [2.24, 2.45) is 11.3 Å². The molecule has 19 heavy (non-hydrogen) atoms. The lowest BCUT2D eigenvalue weighted by molar-refractivity contribution is 0.0111. The van der Waals surface area contributed by atoms with Gasteiger partial charge in [0.2, 0.25) is 0 Å². The number of hydrogen-bond donors (Lipinski definition) is 1. The van der Waals surface area contributed by atoms with Gasteiger partial charge in [0.05, 0.1) is 6.10 Å². The van der Waals surface area contributed by atoms with E-state index in [1.54, 1.807) is 0 Å². The predicted octanol–water partition coefficient (Wildman–Crippen LogP) is 4.89. The summed E-state index contributed by atoms with van der Waals surface area (Å²) < 4.78 is 0. The minimum Gasteiger partial charge on any atom is -0.388 e.